The predicted octanol–water partition coefficient (Wildman–Crippen LogP) is 3.80. The summed E-state index contributed by atoms with van der Waals surface area (Å²) in [5, 5.41) is 7.50. The van der Waals surface area contributed by atoms with E-state index in [1.54, 1.807) is 16.8 Å². The van der Waals surface area contributed by atoms with E-state index in [2.05, 4.69) is 21.9 Å². The Morgan fingerprint density at radius 3 is 2.58 bits per heavy atom. The quantitative estimate of drug-likeness (QED) is 0.612. The van der Waals surface area contributed by atoms with Gasteiger partial charge in [-0.25, -0.2) is 4.98 Å². The summed E-state index contributed by atoms with van der Waals surface area (Å²) >= 11 is 0. The molecule has 6 nitrogen and oxygen atoms in total. The minimum absolute atomic E-state index is 0.175. The van der Waals surface area contributed by atoms with Crippen LogP contribution in [0.3, 0.4) is 0 Å². The molecule has 0 aliphatic heterocycles. The molecule has 26 heavy (non-hydrogen) atoms. The first-order chi connectivity index (χ1) is 12.7. The van der Waals surface area contributed by atoms with Crippen molar-refractivity contribution >= 4 is 22.8 Å². The van der Waals surface area contributed by atoms with E-state index in [9.17, 15) is 4.79 Å². The first-order valence-corrected chi connectivity index (χ1v) is 8.56. The molecule has 0 atom stereocenters. The van der Waals surface area contributed by atoms with Crippen LogP contribution in [0, 0.1) is 6.92 Å². The van der Waals surface area contributed by atoms with Gasteiger partial charge in [-0.05, 0) is 38.1 Å². The number of benzene rings is 2. The third kappa shape index (κ3) is 2.75. The van der Waals surface area contributed by atoms with Crippen LogP contribution in [0.4, 0.5) is 5.82 Å². The van der Waals surface area contributed by atoms with Gasteiger partial charge < -0.3 is 9.88 Å². The number of fused-ring (bicyclic) bond motifs is 1. The number of nitrogens with zero attached hydrogens (tertiary/aromatic N) is 4. The molecule has 6 heteroatoms. The Balaban J connectivity index is 1.78. The number of hydrogen-bond donors (Lipinski definition) is 1. The molecule has 1 amide bonds. The molecule has 0 aliphatic carbocycles. The second kappa shape index (κ2) is 6.48. The topological polar surface area (TPSA) is 64.7 Å². The molecule has 2 heterocycles. The van der Waals surface area contributed by atoms with Crippen LogP contribution >= 0.6 is 0 Å². The van der Waals surface area contributed by atoms with Crippen LogP contribution in [0.1, 0.15) is 23.0 Å². The molecule has 1 N–H and O–H groups in total. The van der Waals surface area contributed by atoms with Gasteiger partial charge in [0.2, 0.25) is 5.95 Å². The normalized spacial score (nSPS) is 11.0. The Morgan fingerprint density at radius 2 is 1.81 bits per heavy atom. The zero-order valence-corrected chi connectivity index (χ0v) is 14.7. The fourth-order valence-corrected chi connectivity index (χ4v) is 3.06. The number of para-hydroxylation sites is 2. The van der Waals surface area contributed by atoms with E-state index in [0.29, 0.717) is 17.3 Å². The summed E-state index contributed by atoms with van der Waals surface area (Å²) in [5.74, 6) is 1.11. The van der Waals surface area contributed by atoms with Crippen LogP contribution in [0.25, 0.3) is 17.0 Å². The Hall–Kier alpha value is -3.41. The summed E-state index contributed by atoms with van der Waals surface area (Å²) < 4.78 is 3.78. The van der Waals surface area contributed by atoms with Gasteiger partial charge in [-0.2, -0.15) is 9.78 Å². The number of carbonyl (C=O) groups is 1. The highest BCUT2D eigenvalue weighted by atomic mass is 16.1. The molecule has 130 valence electrons. The molecule has 4 aromatic rings. The number of imidazole rings is 1. The molecule has 0 fully saturated rings. The van der Waals surface area contributed by atoms with E-state index < -0.39 is 0 Å². The van der Waals surface area contributed by atoms with Gasteiger partial charge in [0.1, 0.15) is 5.82 Å². The fraction of sp³-hybridized carbons (Fsp3) is 0.150. The second-order valence-corrected chi connectivity index (χ2v) is 6.05. The fourth-order valence-electron chi connectivity index (χ4n) is 3.06. The molecule has 4 rings (SSSR count). The lowest BCUT2D eigenvalue weighted by atomic mass is 10.2. The molecular weight excluding hydrogens is 326 g/mol. The van der Waals surface area contributed by atoms with Gasteiger partial charge in [0.15, 0.2) is 0 Å². The summed E-state index contributed by atoms with van der Waals surface area (Å²) in [6, 6.07) is 18.9. The SMILES string of the molecule is CCn1c(-n2nc(C)cc2NC(=O)c2ccccc2)nc2ccccc21. The van der Waals surface area contributed by atoms with Crippen molar-refractivity contribution in [2.75, 3.05) is 5.32 Å². The van der Waals surface area contributed by atoms with Crippen LogP contribution in [-0.4, -0.2) is 25.2 Å². The Kier molecular flexibility index (Phi) is 4.01. The lowest BCUT2D eigenvalue weighted by molar-refractivity contribution is 0.102. The minimum atomic E-state index is -0.175. The molecule has 2 aromatic carbocycles. The van der Waals surface area contributed by atoms with Gasteiger partial charge in [-0.15, -0.1) is 0 Å². The lowest BCUT2D eigenvalue weighted by Crippen LogP contribution is -2.17. The number of amides is 1. The highest BCUT2D eigenvalue weighted by molar-refractivity contribution is 6.03. The van der Waals surface area contributed by atoms with Crippen molar-refractivity contribution < 1.29 is 4.79 Å². The number of hydrogen-bond acceptors (Lipinski definition) is 3. The van der Waals surface area contributed by atoms with Crippen LogP contribution in [0.5, 0.6) is 0 Å². The molecule has 0 bridgehead atoms. The molecule has 0 saturated carbocycles. The van der Waals surface area contributed by atoms with Gasteiger partial charge in [0.25, 0.3) is 5.91 Å². The largest absolute Gasteiger partial charge is 0.309 e. The molecule has 2 aromatic heterocycles. The van der Waals surface area contributed by atoms with Crippen molar-refractivity contribution in [1.29, 1.82) is 0 Å². The first-order valence-electron chi connectivity index (χ1n) is 8.56. The second-order valence-electron chi connectivity index (χ2n) is 6.05. The van der Waals surface area contributed by atoms with E-state index in [4.69, 9.17) is 4.98 Å². The highest BCUT2D eigenvalue weighted by Gasteiger charge is 2.17. The number of rotatable bonds is 4. The maximum Gasteiger partial charge on any atom is 0.256 e. The monoisotopic (exact) mass is 345 g/mol. The summed E-state index contributed by atoms with van der Waals surface area (Å²) in [4.78, 5) is 17.3. The van der Waals surface area contributed by atoms with Crippen LogP contribution < -0.4 is 5.32 Å². The molecule has 0 unspecified atom stereocenters. The molecule has 0 radical (unpaired) electrons. The smallest absolute Gasteiger partial charge is 0.256 e. The van der Waals surface area contributed by atoms with Crippen LogP contribution in [0.15, 0.2) is 60.7 Å². The standard InChI is InChI=1S/C20H19N5O/c1-3-24-17-12-8-7-11-16(17)21-20(24)25-18(13-14(2)23-25)22-19(26)15-9-5-4-6-10-15/h4-13H,3H2,1-2H3,(H,22,26). The first kappa shape index (κ1) is 16.1. The predicted molar refractivity (Wildman–Crippen MR) is 102 cm³/mol. The van der Waals surface area contributed by atoms with E-state index in [-0.39, 0.29) is 5.91 Å². The number of carbonyl (C=O) groups excluding carboxylic acids is 1. The highest BCUT2D eigenvalue weighted by Crippen LogP contribution is 2.22. The summed E-state index contributed by atoms with van der Waals surface area (Å²) in [6.45, 7) is 4.71. The zero-order chi connectivity index (χ0) is 18.1. The molecular formula is C20H19N5O. The third-order valence-corrected chi connectivity index (χ3v) is 4.25. The third-order valence-electron chi connectivity index (χ3n) is 4.25. The Labute approximate surface area is 151 Å². The van der Waals surface area contributed by atoms with E-state index in [1.165, 1.54) is 0 Å². The summed E-state index contributed by atoms with van der Waals surface area (Å²) in [5.41, 5.74) is 3.35. The minimum Gasteiger partial charge on any atom is -0.309 e. The molecule has 0 aliphatic rings. The van der Waals surface area contributed by atoms with Crippen molar-refractivity contribution in [1.82, 2.24) is 19.3 Å². The van der Waals surface area contributed by atoms with Crippen LogP contribution in [0.2, 0.25) is 0 Å². The Bertz CT molecular complexity index is 1080. The van der Waals surface area contributed by atoms with Gasteiger partial charge >= 0.3 is 0 Å². The van der Waals surface area contributed by atoms with Gasteiger partial charge in [0, 0.05) is 18.2 Å². The van der Waals surface area contributed by atoms with Gasteiger partial charge in [0.05, 0.1) is 16.7 Å². The van der Waals surface area contributed by atoms with Crippen molar-refractivity contribution in [2.24, 2.45) is 0 Å². The lowest BCUT2D eigenvalue weighted by Gasteiger charge is -2.10. The van der Waals surface area contributed by atoms with Crippen molar-refractivity contribution in [3.63, 3.8) is 0 Å². The van der Waals surface area contributed by atoms with E-state index in [1.807, 2.05) is 55.5 Å². The number of aryl methyl sites for hydroxylation is 2. The van der Waals surface area contributed by atoms with Crippen molar-refractivity contribution in [3.8, 4) is 5.95 Å². The van der Waals surface area contributed by atoms with E-state index in [0.717, 1.165) is 23.3 Å². The summed E-state index contributed by atoms with van der Waals surface area (Å²) in [7, 11) is 0. The number of aromatic nitrogens is 4. The van der Waals surface area contributed by atoms with Crippen molar-refractivity contribution in [2.45, 2.75) is 20.4 Å². The molecule has 0 spiro atoms. The average Bonchev–Trinajstić information content (AvgIpc) is 3.21. The number of anilines is 1. The maximum atomic E-state index is 12.6. The molecule has 0 saturated heterocycles. The number of nitrogens with one attached hydrogen (secondary N) is 1. The maximum absolute atomic E-state index is 12.6. The zero-order valence-electron chi connectivity index (χ0n) is 14.7. The van der Waals surface area contributed by atoms with E-state index >= 15 is 0 Å². The van der Waals surface area contributed by atoms with Crippen molar-refractivity contribution in [3.05, 3.63) is 71.9 Å². The van der Waals surface area contributed by atoms with Crippen LogP contribution in [-0.2, 0) is 6.54 Å². The van der Waals surface area contributed by atoms with Gasteiger partial charge in [-0.3, -0.25) is 4.79 Å². The summed E-state index contributed by atoms with van der Waals surface area (Å²) in [6.07, 6.45) is 0. The van der Waals surface area contributed by atoms with Gasteiger partial charge in [-0.1, -0.05) is 30.3 Å². The average molecular weight is 345 g/mol. The Morgan fingerprint density at radius 1 is 1.08 bits per heavy atom.